The number of carbonyl (C=O) groups is 1. The fraction of sp³-hybridized carbons (Fsp3) is 0.500. The maximum absolute atomic E-state index is 11.8. The molecule has 0 radical (unpaired) electrons. The minimum atomic E-state index is -0.497. The van der Waals surface area contributed by atoms with Gasteiger partial charge in [-0.1, -0.05) is 5.21 Å². The van der Waals surface area contributed by atoms with E-state index in [0.717, 1.165) is 12.2 Å². The topological polar surface area (TPSA) is 101 Å². The molecule has 2 rings (SSSR count). The van der Waals surface area contributed by atoms with E-state index in [4.69, 9.17) is 10.5 Å². The second-order valence-corrected chi connectivity index (χ2v) is 4.14. The first-order valence-electron chi connectivity index (χ1n) is 6.49. The molecule has 20 heavy (non-hydrogen) atoms. The first-order chi connectivity index (χ1) is 9.71. The standard InChI is InChI=1S/C12H18N6O2/c1-3-17-8-14-6-9(17)7-18-10(5-13)11(15-16-18)12(19)20-4-2/h6,8H,3-5,7,13H2,1-2H3. The summed E-state index contributed by atoms with van der Waals surface area (Å²) in [6.45, 7) is 5.50. The molecule has 2 aromatic heterocycles. The highest BCUT2D eigenvalue weighted by atomic mass is 16.5. The summed E-state index contributed by atoms with van der Waals surface area (Å²) in [5, 5.41) is 7.86. The fourth-order valence-electron chi connectivity index (χ4n) is 1.94. The Kier molecular flexibility index (Phi) is 4.46. The summed E-state index contributed by atoms with van der Waals surface area (Å²) >= 11 is 0. The van der Waals surface area contributed by atoms with Gasteiger partial charge in [0.05, 0.1) is 37.1 Å². The zero-order valence-corrected chi connectivity index (χ0v) is 11.6. The molecule has 0 saturated carbocycles. The van der Waals surface area contributed by atoms with E-state index in [1.54, 1.807) is 24.1 Å². The maximum Gasteiger partial charge on any atom is 0.360 e. The molecule has 2 aromatic rings. The molecular weight excluding hydrogens is 260 g/mol. The van der Waals surface area contributed by atoms with Crippen LogP contribution in [0.3, 0.4) is 0 Å². The molecule has 2 heterocycles. The van der Waals surface area contributed by atoms with Crippen molar-refractivity contribution in [2.45, 2.75) is 33.5 Å². The summed E-state index contributed by atoms with van der Waals surface area (Å²) < 4.78 is 8.53. The largest absolute Gasteiger partial charge is 0.461 e. The van der Waals surface area contributed by atoms with Gasteiger partial charge in [-0.15, -0.1) is 5.10 Å². The molecule has 0 unspecified atom stereocenters. The van der Waals surface area contributed by atoms with Crippen molar-refractivity contribution in [2.75, 3.05) is 6.61 Å². The summed E-state index contributed by atoms with van der Waals surface area (Å²) in [6, 6.07) is 0. The molecule has 0 aliphatic carbocycles. The summed E-state index contributed by atoms with van der Waals surface area (Å²) in [5.74, 6) is -0.497. The summed E-state index contributed by atoms with van der Waals surface area (Å²) in [5.41, 5.74) is 7.41. The van der Waals surface area contributed by atoms with Crippen LogP contribution < -0.4 is 5.73 Å². The van der Waals surface area contributed by atoms with Crippen LogP contribution in [0, 0.1) is 0 Å². The molecule has 0 amide bonds. The third-order valence-electron chi connectivity index (χ3n) is 2.95. The second kappa shape index (κ2) is 6.29. The van der Waals surface area contributed by atoms with Gasteiger partial charge in [0.25, 0.3) is 0 Å². The quantitative estimate of drug-likeness (QED) is 0.756. The van der Waals surface area contributed by atoms with Gasteiger partial charge in [-0.2, -0.15) is 0 Å². The lowest BCUT2D eigenvalue weighted by atomic mass is 10.3. The van der Waals surface area contributed by atoms with Crippen molar-refractivity contribution in [2.24, 2.45) is 5.73 Å². The Morgan fingerprint density at radius 3 is 2.90 bits per heavy atom. The Morgan fingerprint density at radius 1 is 1.45 bits per heavy atom. The zero-order valence-electron chi connectivity index (χ0n) is 11.6. The van der Waals surface area contributed by atoms with E-state index in [1.807, 2.05) is 11.5 Å². The SMILES string of the molecule is CCOC(=O)c1nnn(Cc2cncn2CC)c1CN. The number of esters is 1. The number of aromatic nitrogens is 5. The summed E-state index contributed by atoms with van der Waals surface area (Å²) in [4.78, 5) is 15.8. The average molecular weight is 278 g/mol. The Bertz CT molecular complexity index is 589. The Labute approximate surface area is 116 Å². The number of imidazole rings is 1. The third-order valence-corrected chi connectivity index (χ3v) is 2.95. The lowest BCUT2D eigenvalue weighted by molar-refractivity contribution is 0.0518. The van der Waals surface area contributed by atoms with Gasteiger partial charge >= 0.3 is 5.97 Å². The van der Waals surface area contributed by atoms with Gasteiger partial charge in [0.2, 0.25) is 0 Å². The molecule has 2 N–H and O–H groups in total. The average Bonchev–Trinajstić information content (AvgIpc) is 3.05. The Morgan fingerprint density at radius 2 is 2.25 bits per heavy atom. The maximum atomic E-state index is 11.8. The molecule has 0 aliphatic heterocycles. The normalized spacial score (nSPS) is 10.8. The van der Waals surface area contributed by atoms with E-state index in [-0.39, 0.29) is 18.8 Å². The molecule has 0 aromatic carbocycles. The highest BCUT2D eigenvalue weighted by Crippen LogP contribution is 2.10. The molecule has 0 aliphatic rings. The van der Waals surface area contributed by atoms with Gasteiger partial charge in [-0.05, 0) is 13.8 Å². The molecule has 8 nitrogen and oxygen atoms in total. The van der Waals surface area contributed by atoms with Crippen LogP contribution in [0.1, 0.15) is 35.7 Å². The molecule has 0 spiro atoms. The summed E-state index contributed by atoms with van der Waals surface area (Å²) in [6.07, 6.45) is 3.51. The predicted molar refractivity (Wildman–Crippen MR) is 70.9 cm³/mol. The lowest BCUT2D eigenvalue weighted by Crippen LogP contribution is -2.16. The summed E-state index contributed by atoms with van der Waals surface area (Å²) in [7, 11) is 0. The van der Waals surface area contributed by atoms with E-state index in [0.29, 0.717) is 12.2 Å². The number of ether oxygens (including phenoxy) is 1. The van der Waals surface area contributed by atoms with E-state index in [1.165, 1.54) is 0 Å². The first-order valence-corrected chi connectivity index (χ1v) is 6.49. The second-order valence-electron chi connectivity index (χ2n) is 4.14. The third kappa shape index (κ3) is 2.69. The number of aryl methyl sites for hydroxylation is 1. The van der Waals surface area contributed by atoms with Crippen LogP contribution in [0.2, 0.25) is 0 Å². The number of carbonyl (C=O) groups excluding carboxylic acids is 1. The van der Waals surface area contributed by atoms with Crippen molar-refractivity contribution >= 4 is 5.97 Å². The van der Waals surface area contributed by atoms with Crippen molar-refractivity contribution < 1.29 is 9.53 Å². The predicted octanol–water partition coefficient (Wildman–Crippen LogP) is 0.178. The van der Waals surface area contributed by atoms with Gasteiger partial charge in [0.1, 0.15) is 0 Å². The number of nitrogens with two attached hydrogens (primary N) is 1. The van der Waals surface area contributed by atoms with Gasteiger partial charge in [0, 0.05) is 13.1 Å². The highest BCUT2D eigenvalue weighted by Gasteiger charge is 2.20. The van der Waals surface area contributed by atoms with Gasteiger partial charge in [-0.3, -0.25) is 0 Å². The zero-order chi connectivity index (χ0) is 14.5. The minimum Gasteiger partial charge on any atom is -0.461 e. The fourth-order valence-corrected chi connectivity index (χ4v) is 1.94. The monoisotopic (exact) mass is 278 g/mol. The van der Waals surface area contributed by atoms with Crippen LogP contribution in [0.15, 0.2) is 12.5 Å². The van der Waals surface area contributed by atoms with Crippen molar-refractivity contribution in [3.63, 3.8) is 0 Å². The van der Waals surface area contributed by atoms with E-state index >= 15 is 0 Å². The smallest absolute Gasteiger partial charge is 0.360 e. The molecule has 0 bridgehead atoms. The van der Waals surface area contributed by atoms with Gasteiger partial charge in [0.15, 0.2) is 5.69 Å². The highest BCUT2D eigenvalue weighted by molar-refractivity contribution is 5.88. The van der Waals surface area contributed by atoms with Crippen LogP contribution in [0.5, 0.6) is 0 Å². The van der Waals surface area contributed by atoms with Crippen molar-refractivity contribution in [3.8, 4) is 0 Å². The van der Waals surface area contributed by atoms with E-state index in [2.05, 4.69) is 15.3 Å². The van der Waals surface area contributed by atoms with Crippen molar-refractivity contribution in [3.05, 3.63) is 29.6 Å². The first kappa shape index (κ1) is 14.2. The van der Waals surface area contributed by atoms with Crippen molar-refractivity contribution in [1.82, 2.24) is 24.5 Å². The van der Waals surface area contributed by atoms with Crippen LogP contribution in [0.25, 0.3) is 0 Å². The molecule has 0 atom stereocenters. The Balaban J connectivity index is 2.27. The minimum absolute atomic E-state index is 0.168. The number of rotatable bonds is 6. The van der Waals surface area contributed by atoms with Crippen LogP contribution >= 0.6 is 0 Å². The number of nitrogens with zero attached hydrogens (tertiary/aromatic N) is 5. The molecule has 0 fully saturated rings. The molecule has 0 saturated heterocycles. The number of hydrogen-bond acceptors (Lipinski definition) is 6. The molecular formula is C12H18N6O2. The van der Waals surface area contributed by atoms with Gasteiger partial charge in [-0.25, -0.2) is 14.5 Å². The van der Waals surface area contributed by atoms with Crippen molar-refractivity contribution in [1.29, 1.82) is 0 Å². The van der Waals surface area contributed by atoms with Crippen LogP contribution in [-0.2, 0) is 24.4 Å². The van der Waals surface area contributed by atoms with Crippen LogP contribution in [-0.4, -0.2) is 37.1 Å². The van der Waals surface area contributed by atoms with Gasteiger partial charge < -0.3 is 15.0 Å². The number of hydrogen-bond donors (Lipinski definition) is 1. The van der Waals surface area contributed by atoms with Crippen LogP contribution in [0.4, 0.5) is 0 Å². The molecule has 108 valence electrons. The Hall–Kier alpha value is -2.22. The van der Waals surface area contributed by atoms with E-state index in [9.17, 15) is 4.79 Å². The van der Waals surface area contributed by atoms with E-state index < -0.39 is 5.97 Å². The molecule has 8 heteroatoms. The lowest BCUT2D eigenvalue weighted by Gasteiger charge is -2.07.